The number of piperidine rings is 1. The Labute approximate surface area is 112 Å². The summed E-state index contributed by atoms with van der Waals surface area (Å²) in [4.78, 5) is 36.5. The van der Waals surface area contributed by atoms with Crippen LogP contribution in [-0.4, -0.2) is 65.5 Å². The Morgan fingerprint density at radius 2 is 1.89 bits per heavy atom. The predicted octanol–water partition coefficient (Wildman–Crippen LogP) is 0.113. The number of hydrogen-bond donors (Lipinski definition) is 2. The van der Waals surface area contributed by atoms with Crippen LogP contribution in [0.5, 0.6) is 0 Å². The van der Waals surface area contributed by atoms with Gasteiger partial charge in [0.1, 0.15) is 0 Å². The average Bonchev–Trinajstić information content (AvgIpc) is 2.35. The highest BCUT2D eigenvalue weighted by molar-refractivity contribution is 5.75. The lowest BCUT2D eigenvalue weighted by molar-refractivity contribution is -0.137. The van der Waals surface area contributed by atoms with E-state index in [1.165, 1.54) is 11.8 Å². The van der Waals surface area contributed by atoms with Crippen LogP contribution in [0.1, 0.15) is 26.2 Å². The summed E-state index contributed by atoms with van der Waals surface area (Å²) in [7, 11) is 1.60. The number of amides is 3. The number of carbonyl (C=O) groups excluding carboxylic acids is 2. The molecule has 7 nitrogen and oxygen atoms in total. The van der Waals surface area contributed by atoms with Crippen LogP contribution < -0.4 is 5.32 Å². The standard InChI is InChI=1S/C12H21N3O4/c1-9(16)13-10-3-7-15(8-4-10)12(19)14(2)6-5-11(17)18/h10H,3-8H2,1-2H3,(H,13,16)(H,17,18). The molecule has 0 radical (unpaired) electrons. The van der Waals surface area contributed by atoms with Gasteiger partial charge in [-0.1, -0.05) is 0 Å². The molecule has 0 unspecified atom stereocenters. The lowest BCUT2D eigenvalue weighted by Crippen LogP contribution is -2.49. The average molecular weight is 271 g/mol. The SMILES string of the molecule is CC(=O)NC1CCN(C(=O)N(C)CCC(=O)O)CC1. The first-order chi connectivity index (χ1) is 8.90. The topological polar surface area (TPSA) is 90.0 Å². The summed E-state index contributed by atoms with van der Waals surface area (Å²) in [6, 6.07) is -0.0200. The number of rotatable bonds is 4. The normalized spacial score (nSPS) is 16.0. The van der Waals surface area contributed by atoms with E-state index < -0.39 is 5.97 Å². The molecule has 0 bridgehead atoms. The van der Waals surface area contributed by atoms with E-state index in [2.05, 4.69) is 5.32 Å². The fourth-order valence-electron chi connectivity index (χ4n) is 2.10. The molecule has 1 aliphatic heterocycles. The lowest BCUT2D eigenvalue weighted by Gasteiger charge is -2.34. The molecule has 1 rings (SSSR count). The monoisotopic (exact) mass is 271 g/mol. The third-order valence-corrected chi connectivity index (χ3v) is 3.16. The van der Waals surface area contributed by atoms with Crippen molar-refractivity contribution in [1.29, 1.82) is 0 Å². The molecule has 0 aromatic carbocycles. The van der Waals surface area contributed by atoms with Crippen LogP contribution in [0, 0.1) is 0 Å². The van der Waals surface area contributed by atoms with Crippen LogP contribution in [-0.2, 0) is 9.59 Å². The van der Waals surface area contributed by atoms with Crippen LogP contribution in [0.2, 0.25) is 0 Å². The largest absolute Gasteiger partial charge is 0.481 e. The minimum absolute atomic E-state index is 0.0510. The molecule has 1 saturated heterocycles. The van der Waals surface area contributed by atoms with Crippen molar-refractivity contribution >= 4 is 17.9 Å². The highest BCUT2D eigenvalue weighted by Gasteiger charge is 2.25. The van der Waals surface area contributed by atoms with E-state index in [1.807, 2.05) is 0 Å². The van der Waals surface area contributed by atoms with Crippen molar-refractivity contribution < 1.29 is 19.5 Å². The van der Waals surface area contributed by atoms with E-state index in [1.54, 1.807) is 11.9 Å². The Balaban J connectivity index is 2.35. The minimum Gasteiger partial charge on any atom is -0.481 e. The molecular weight excluding hydrogens is 250 g/mol. The molecule has 1 heterocycles. The summed E-state index contributed by atoms with van der Waals surface area (Å²) in [5.41, 5.74) is 0. The van der Waals surface area contributed by atoms with Crippen molar-refractivity contribution in [3.05, 3.63) is 0 Å². The summed E-state index contributed by atoms with van der Waals surface area (Å²) >= 11 is 0. The Morgan fingerprint density at radius 3 is 2.37 bits per heavy atom. The molecule has 1 aliphatic rings. The second-order valence-electron chi connectivity index (χ2n) is 4.81. The number of aliphatic carboxylic acids is 1. The zero-order valence-corrected chi connectivity index (χ0v) is 11.4. The highest BCUT2D eigenvalue weighted by atomic mass is 16.4. The van der Waals surface area contributed by atoms with E-state index in [0.717, 1.165) is 12.8 Å². The lowest BCUT2D eigenvalue weighted by atomic mass is 10.1. The molecule has 3 amide bonds. The highest BCUT2D eigenvalue weighted by Crippen LogP contribution is 2.12. The summed E-state index contributed by atoms with van der Waals surface area (Å²) in [5.74, 6) is -0.965. The van der Waals surface area contributed by atoms with Gasteiger partial charge < -0.3 is 20.2 Å². The van der Waals surface area contributed by atoms with Crippen LogP contribution in [0.4, 0.5) is 4.79 Å². The van der Waals surface area contributed by atoms with Gasteiger partial charge in [0.05, 0.1) is 6.42 Å². The van der Waals surface area contributed by atoms with Gasteiger partial charge in [-0.05, 0) is 12.8 Å². The van der Waals surface area contributed by atoms with E-state index in [-0.39, 0.29) is 30.9 Å². The molecule has 0 aromatic rings. The third kappa shape index (κ3) is 5.15. The number of nitrogens with one attached hydrogen (secondary N) is 1. The van der Waals surface area contributed by atoms with Crippen LogP contribution >= 0.6 is 0 Å². The van der Waals surface area contributed by atoms with Gasteiger partial charge in [-0.2, -0.15) is 0 Å². The van der Waals surface area contributed by atoms with Crippen LogP contribution in [0.25, 0.3) is 0 Å². The van der Waals surface area contributed by atoms with E-state index in [0.29, 0.717) is 13.1 Å². The predicted molar refractivity (Wildman–Crippen MR) is 68.7 cm³/mol. The molecule has 0 aromatic heterocycles. The number of urea groups is 1. The van der Waals surface area contributed by atoms with E-state index in [4.69, 9.17) is 5.11 Å². The molecule has 2 N–H and O–H groups in total. The molecule has 1 fully saturated rings. The second-order valence-corrected chi connectivity index (χ2v) is 4.81. The fraction of sp³-hybridized carbons (Fsp3) is 0.750. The van der Waals surface area contributed by atoms with Gasteiger partial charge in [-0.25, -0.2) is 4.79 Å². The molecule has 108 valence electrons. The Hall–Kier alpha value is -1.79. The summed E-state index contributed by atoms with van der Waals surface area (Å²) in [6.45, 7) is 2.86. The Morgan fingerprint density at radius 1 is 1.32 bits per heavy atom. The zero-order chi connectivity index (χ0) is 14.4. The first-order valence-electron chi connectivity index (χ1n) is 6.39. The van der Waals surface area contributed by atoms with Gasteiger partial charge in [0.25, 0.3) is 0 Å². The quantitative estimate of drug-likeness (QED) is 0.759. The number of carboxylic acid groups (broad SMARTS) is 1. The first kappa shape index (κ1) is 15.3. The summed E-state index contributed by atoms with van der Waals surface area (Å²) in [5, 5.41) is 11.4. The number of carboxylic acids is 1. The second kappa shape index (κ2) is 6.96. The molecule has 0 saturated carbocycles. The summed E-state index contributed by atoms with van der Waals surface area (Å²) in [6.07, 6.45) is 1.42. The Bertz CT molecular complexity index is 351. The first-order valence-corrected chi connectivity index (χ1v) is 6.39. The molecule has 0 aliphatic carbocycles. The van der Waals surface area contributed by atoms with Gasteiger partial charge in [-0.15, -0.1) is 0 Å². The van der Waals surface area contributed by atoms with E-state index in [9.17, 15) is 14.4 Å². The number of carbonyl (C=O) groups is 3. The van der Waals surface area contributed by atoms with Gasteiger partial charge in [0.15, 0.2) is 0 Å². The maximum atomic E-state index is 12.0. The van der Waals surface area contributed by atoms with Gasteiger partial charge in [-0.3, -0.25) is 9.59 Å². The molecule has 0 spiro atoms. The smallest absolute Gasteiger partial charge is 0.319 e. The van der Waals surface area contributed by atoms with Crippen molar-refractivity contribution in [3.63, 3.8) is 0 Å². The maximum Gasteiger partial charge on any atom is 0.319 e. The summed E-state index contributed by atoms with van der Waals surface area (Å²) < 4.78 is 0. The van der Waals surface area contributed by atoms with Crippen molar-refractivity contribution in [3.8, 4) is 0 Å². The molecule has 0 atom stereocenters. The van der Waals surface area contributed by atoms with Crippen molar-refractivity contribution in [1.82, 2.24) is 15.1 Å². The number of likely N-dealkylation sites (tertiary alicyclic amines) is 1. The van der Waals surface area contributed by atoms with Crippen LogP contribution in [0.15, 0.2) is 0 Å². The molecule has 19 heavy (non-hydrogen) atoms. The van der Waals surface area contributed by atoms with Crippen molar-refractivity contribution in [2.45, 2.75) is 32.2 Å². The molecular formula is C12H21N3O4. The van der Waals surface area contributed by atoms with Crippen LogP contribution in [0.3, 0.4) is 0 Å². The van der Waals surface area contributed by atoms with Crippen molar-refractivity contribution in [2.24, 2.45) is 0 Å². The van der Waals surface area contributed by atoms with Gasteiger partial charge in [0.2, 0.25) is 5.91 Å². The molecule has 7 heteroatoms. The van der Waals surface area contributed by atoms with Gasteiger partial charge >= 0.3 is 12.0 Å². The zero-order valence-electron chi connectivity index (χ0n) is 11.4. The number of nitrogens with zero attached hydrogens (tertiary/aromatic N) is 2. The minimum atomic E-state index is -0.913. The third-order valence-electron chi connectivity index (χ3n) is 3.16. The van der Waals surface area contributed by atoms with E-state index >= 15 is 0 Å². The number of hydrogen-bond acceptors (Lipinski definition) is 3. The van der Waals surface area contributed by atoms with Gasteiger partial charge in [0, 0.05) is 39.6 Å². The fourth-order valence-corrected chi connectivity index (χ4v) is 2.10. The van der Waals surface area contributed by atoms with Crippen molar-refractivity contribution in [2.75, 3.05) is 26.7 Å². The maximum absolute atomic E-state index is 12.0. The Kier molecular flexibility index (Phi) is 5.59.